The molecule has 1 unspecified atom stereocenters. The van der Waals surface area contributed by atoms with Crippen molar-refractivity contribution in [2.24, 2.45) is 0 Å². The Morgan fingerprint density at radius 3 is 2.61 bits per heavy atom. The number of aromatic nitrogens is 2. The molecule has 1 aliphatic rings. The minimum atomic E-state index is -0.512. The van der Waals surface area contributed by atoms with Crippen LogP contribution in [-0.2, 0) is 22.4 Å². The van der Waals surface area contributed by atoms with Crippen molar-refractivity contribution in [3.63, 3.8) is 0 Å². The third-order valence-corrected chi connectivity index (χ3v) is 9.07. The number of ether oxygens (including phenoxy) is 2. The van der Waals surface area contributed by atoms with Crippen molar-refractivity contribution in [1.82, 2.24) is 10.2 Å². The van der Waals surface area contributed by atoms with Gasteiger partial charge in [0.1, 0.15) is 10.8 Å². The molecular formula is C26H30N4O5S3. The monoisotopic (exact) mass is 574 g/mol. The molecule has 0 aliphatic heterocycles. The Morgan fingerprint density at radius 1 is 1.03 bits per heavy atom. The molecule has 0 saturated heterocycles. The molecule has 38 heavy (non-hydrogen) atoms. The summed E-state index contributed by atoms with van der Waals surface area (Å²) in [4.78, 5) is 39.7. The molecule has 2 N–H and O–H groups in total. The van der Waals surface area contributed by atoms with Crippen LogP contribution in [0.3, 0.4) is 0 Å². The number of rotatable bonds is 10. The van der Waals surface area contributed by atoms with E-state index in [-0.39, 0.29) is 18.4 Å². The first kappa shape index (κ1) is 28.1. The van der Waals surface area contributed by atoms with Gasteiger partial charge in [-0.05, 0) is 64.2 Å². The minimum absolute atomic E-state index is 0.247. The van der Waals surface area contributed by atoms with Gasteiger partial charge >= 0.3 is 5.97 Å². The van der Waals surface area contributed by atoms with Crippen LogP contribution >= 0.6 is 34.4 Å². The van der Waals surface area contributed by atoms with Gasteiger partial charge in [0.25, 0.3) is 5.91 Å². The summed E-state index contributed by atoms with van der Waals surface area (Å²) >= 11 is 3.89. The highest BCUT2D eigenvalue weighted by Crippen LogP contribution is 2.39. The van der Waals surface area contributed by atoms with E-state index in [0.717, 1.165) is 42.5 Å². The number of anilines is 2. The van der Waals surface area contributed by atoms with E-state index in [1.165, 1.54) is 34.4 Å². The summed E-state index contributed by atoms with van der Waals surface area (Å²) in [5.74, 6) is -0.497. The van der Waals surface area contributed by atoms with E-state index < -0.39 is 11.2 Å². The average Bonchev–Trinajstić information content (AvgIpc) is 3.40. The third kappa shape index (κ3) is 6.72. The van der Waals surface area contributed by atoms with Crippen LogP contribution in [0.1, 0.15) is 71.2 Å². The Morgan fingerprint density at radius 2 is 1.82 bits per heavy atom. The molecule has 2 heterocycles. The van der Waals surface area contributed by atoms with Gasteiger partial charge < -0.3 is 14.8 Å². The quantitative estimate of drug-likeness (QED) is 0.135. The molecule has 0 radical (unpaired) electrons. The summed E-state index contributed by atoms with van der Waals surface area (Å²) in [5, 5.41) is 14.2. The second-order valence-corrected chi connectivity index (χ2v) is 12.2. The number of nitrogens with zero attached hydrogens (tertiary/aromatic N) is 2. The number of benzene rings is 1. The lowest BCUT2D eigenvalue weighted by Crippen LogP contribution is -2.23. The maximum Gasteiger partial charge on any atom is 0.341 e. The average molecular weight is 575 g/mol. The molecule has 3 aromatic rings. The number of esters is 1. The number of aryl methyl sites for hydroxylation is 1. The summed E-state index contributed by atoms with van der Waals surface area (Å²) in [6, 6.07) is 6.98. The van der Waals surface area contributed by atoms with Gasteiger partial charge in [-0.25, -0.2) is 4.79 Å². The molecule has 12 heteroatoms. The SMILES string of the molecule is CCOC(=O)c1c(NC(=O)C(C)Sc2nnc(NC(=O)c3ccccc3OCC)s2)sc2c1CCCCC2. The minimum Gasteiger partial charge on any atom is -0.493 e. The standard InChI is InChI=1S/C26H30N4O5S3/c1-4-34-18-13-10-9-11-16(18)22(32)28-25-29-30-26(38-25)36-15(3)21(31)27-23-20(24(33)35-5-2)17-12-7-6-8-14-19(17)37-23/h9-11,13,15H,4-8,12,14H2,1-3H3,(H,27,31)(H,28,29,32). The molecule has 0 spiro atoms. The number of para-hydroxylation sites is 1. The fourth-order valence-electron chi connectivity index (χ4n) is 4.08. The number of hydrogen-bond acceptors (Lipinski definition) is 10. The normalized spacial score (nSPS) is 13.7. The third-order valence-electron chi connectivity index (χ3n) is 5.84. The Hall–Kier alpha value is -2.96. The number of amides is 2. The highest BCUT2D eigenvalue weighted by molar-refractivity contribution is 8.02. The van der Waals surface area contributed by atoms with Crippen LogP contribution in [0, 0.1) is 0 Å². The maximum absolute atomic E-state index is 13.1. The Bertz CT molecular complexity index is 1310. The van der Waals surface area contributed by atoms with Crippen LogP contribution in [0.2, 0.25) is 0 Å². The van der Waals surface area contributed by atoms with E-state index >= 15 is 0 Å². The van der Waals surface area contributed by atoms with Crippen molar-refractivity contribution in [2.45, 2.75) is 62.5 Å². The smallest absolute Gasteiger partial charge is 0.341 e. The number of fused-ring (bicyclic) bond motifs is 1. The van der Waals surface area contributed by atoms with E-state index in [0.29, 0.717) is 38.0 Å². The molecule has 1 aliphatic carbocycles. The molecular weight excluding hydrogens is 545 g/mol. The second-order valence-electron chi connectivity index (χ2n) is 8.49. The van der Waals surface area contributed by atoms with E-state index in [1.807, 2.05) is 6.92 Å². The Balaban J connectivity index is 1.41. The van der Waals surface area contributed by atoms with Crippen molar-refractivity contribution in [2.75, 3.05) is 23.8 Å². The number of nitrogens with one attached hydrogen (secondary N) is 2. The summed E-state index contributed by atoms with van der Waals surface area (Å²) in [6.45, 7) is 6.11. The summed E-state index contributed by atoms with van der Waals surface area (Å²) in [6.07, 6.45) is 4.93. The number of hydrogen-bond donors (Lipinski definition) is 2. The van der Waals surface area contributed by atoms with Gasteiger partial charge in [-0.2, -0.15) is 0 Å². The first-order valence-corrected chi connectivity index (χ1v) is 15.1. The van der Waals surface area contributed by atoms with Crippen molar-refractivity contribution in [3.05, 3.63) is 45.8 Å². The Labute approximate surface area is 233 Å². The fraction of sp³-hybridized carbons (Fsp3) is 0.423. The largest absolute Gasteiger partial charge is 0.493 e. The molecule has 0 saturated carbocycles. The molecule has 0 bridgehead atoms. The Kier molecular flexibility index (Phi) is 9.75. The first-order chi connectivity index (χ1) is 18.4. The van der Waals surface area contributed by atoms with Gasteiger partial charge in [-0.3, -0.25) is 14.9 Å². The highest BCUT2D eigenvalue weighted by Gasteiger charge is 2.28. The summed E-state index contributed by atoms with van der Waals surface area (Å²) in [5.41, 5.74) is 1.91. The number of thioether (sulfide) groups is 1. The topological polar surface area (TPSA) is 120 Å². The predicted octanol–water partition coefficient (Wildman–Crippen LogP) is 5.82. The highest BCUT2D eigenvalue weighted by atomic mass is 32.2. The lowest BCUT2D eigenvalue weighted by atomic mass is 10.1. The van der Waals surface area contributed by atoms with Gasteiger partial charge in [0.2, 0.25) is 11.0 Å². The zero-order valence-electron chi connectivity index (χ0n) is 21.5. The number of thiophene rings is 1. The van der Waals surface area contributed by atoms with Gasteiger partial charge in [0.15, 0.2) is 4.34 Å². The molecule has 9 nitrogen and oxygen atoms in total. The predicted molar refractivity (Wildman–Crippen MR) is 151 cm³/mol. The van der Waals surface area contributed by atoms with Crippen LogP contribution in [0.5, 0.6) is 5.75 Å². The number of carbonyl (C=O) groups excluding carboxylic acids is 3. The molecule has 0 fully saturated rings. The van der Waals surface area contributed by atoms with E-state index in [2.05, 4.69) is 20.8 Å². The van der Waals surface area contributed by atoms with Crippen molar-refractivity contribution in [3.8, 4) is 5.75 Å². The molecule has 4 rings (SSSR count). The van der Waals surface area contributed by atoms with Crippen LogP contribution in [0.15, 0.2) is 28.6 Å². The molecule has 1 atom stereocenters. The first-order valence-electron chi connectivity index (χ1n) is 12.6. The summed E-state index contributed by atoms with van der Waals surface area (Å²) in [7, 11) is 0. The lowest BCUT2D eigenvalue weighted by molar-refractivity contribution is -0.115. The van der Waals surface area contributed by atoms with Gasteiger partial charge in [0.05, 0.1) is 29.6 Å². The van der Waals surface area contributed by atoms with E-state index in [4.69, 9.17) is 9.47 Å². The molecule has 2 amide bonds. The number of carbonyl (C=O) groups is 3. The fourth-order valence-corrected chi connectivity index (χ4v) is 7.25. The zero-order valence-corrected chi connectivity index (χ0v) is 23.9. The second kappa shape index (κ2) is 13.2. The molecule has 202 valence electrons. The van der Waals surface area contributed by atoms with Gasteiger partial charge in [-0.1, -0.05) is 41.7 Å². The van der Waals surface area contributed by atoms with E-state index in [1.54, 1.807) is 38.1 Å². The van der Waals surface area contributed by atoms with Gasteiger partial charge in [0, 0.05) is 4.88 Å². The van der Waals surface area contributed by atoms with Crippen LogP contribution in [0.4, 0.5) is 10.1 Å². The lowest BCUT2D eigenvalue weighted by Gasteiger charge is -2.11. The van der Waals surface area contributed by atoms with E-state index in [9.17, 15) is 14.4 Å². The van der Waals surface area contributed by atoms with Crippen LogP contribution in [0.25, 0.3) is 0 Å². The zero-order chi connectivity index (χ0) is 27.1. The molecule has 2 aromatic heterocycles. The van der Waals surface area contributed by atoms with Gasteiger partial charge in [-0.15, -0.1) is 21.5 Å². The maximum atomic E-state index is 13.1. The molecule has 1 aromatic carbocycles. The van der Waals surface area contributed by atoms with Crippen LogP contribution < -0.4 is 15.4 Å². The van der Waals surface area contributed by atoms with Crippen LogP contribution in [-0.4, -0.2) is 46.4 Å². The van der Waals surface area contributed by atoms with Crippen molar-refractivity contribution < 1.29 is 23.9 Å². The van der Waals surface area contributed by atoms with Crippen molar-refractivity contribution in [1.29, 1.82) is 0 Å². The van der Waals surface area contributed by atoms with Crippen molar-refractivity contribution >= 4 is 62.4 Å². The summed E-state index contributed by atoms with van der Waals surface area (Å²) < 4.78 is 11.4.